The summed E-state index contributed by atoms with van der Waals surface area (Å²) in [6.07, 6.45) is 0. The maximum atomic E-state index is 13.2. The van der Waals surface area contributed by atoms with Crippen molar-refractivity contribution in [2.75, 3.05) is 0 Å². The van der Waals surface area contributed by atoms with Gasteiger partial charge >= 0.3 is 0 Å². The van der Waals surface area contributed by atoms with E-state index in [0.29, 0.717) is 18.2 Å². The largest absolute Gasteiger partial charge is 0.310 e. The normalized spacial score (nSPS) is 11.1. The molecule has 2 rings (SSSR count). The molecular weight excluding hydrogens is 299 g/mol. The van der Waals surface area contributed by atoms with Gasteiger partial charge in [0.1, 0.15) is 11.6 Å². The standard InChI is InChI=1S/C13H14ClFN4O2/c1-8(2)7-18-12(6-14)16-17-13(18)10-4-3-9(15)5-11(10)19(20)21/h3-5,8H,6-7H2,1-2H3. The summed E-state index contributed by atoms with van der Waals surface area (Å²) in [4.78, 5) is 10.5. The van der Waals surface area contributed by atoms with E-state index in [1.807, 2.05) is 13.8 Å². The van der Waals surface area contributed by atoms with E-state index in [1.165, 1.54) is 6.07 Å². The van der Waals surface area contributed by atoms with E-state index in [-0.39, 0.29) is 23.0 Å². The Morgan fingerprint density at radius 3 is 2.71 bits per heavy atom. The lowest BCUT2D eigenvalue weighted by atomic mass is 10.1. The van der Waals surface area contributed by atoms with Crippen molar-refractivity contribution in [2.45, 2.75) is 26.3 Å². The highest BCUT2D eigenvalue weighted by molar-refractivity contribution is 6.16. The van der Waals surface area contributed by atoms with Gasteiger partial charge in [-0.15, -0.1) is 21.8 Å². The van der Waals surface area contributed by atoms with Crippen LogP contribution in [0.25, 0.3) is 11.4 Å². The topological polar surface area (TPSA) is 73.8 Å². The van der Waals surface area contributed by atoms with Crippen molar-refractivity contribution in [2.24, 2.45) is 5.92 Å². The Hall–Kier alpha value is -2.02. The molecule has 8 heteroatoms. The quantitative estimate of drug-likeness (QED) is 0.482. The number of hydrogen-bond acceptors (Lipinski definition) is 4. The molecule has 0 N–H and O–H groups in total. The lowest BCUT2D eigenvalue weighted by molar-refractivity contribution is -0.384. The molecule has 0 atom stereocenters. The fourth-order valence-electron chi connectivity index (χ4n) is 2.04. The highest BCUT2D eigenvalue weighted by atomic mass is 35.5. The summed E-state index contributed by atoms with van der Waals surface area (Å²) in [5.41, 5.74) is -0.112. The number of nitro groups is 1. The second kappa shape index (κ2) is 6.17. The lowest BCUT2D eigenvalue weighted by Crippen LogP contribution is -2.10. The van der Waals surface area contributed by atoms with Crippen molar-refractivity contribution in [3.05, 3.63) is 40.0 Å². The fourth-order valence-corrected chi connectivity index (χ4v) is 2.23. The number of benzene rings is 1. The van der Waals surface area contributed by atoms with Crippen LogP contribution in [0.4, 0.5) is 10.1 Å². The zero-order chi connectivity index (χ0) is 15.6. The molecule has 0 radical (unpaired) electrons. The Balaban J connectivity index is 2.62. The third kappa shape index (κ3) is 3.18. The van der Waals surface area contributed by atoms with Crippen LogP contribution in [0.15, 0.2) is 18.2 Å². The Labute approximate surface area is 125 Å². The highest BCUT2D eigenvalue weighted by Crippen LogP contribution is 2.30. The molecule has 112 valence electrons. The zero-order valence-corrected chi connectivity index (χ0v) is 12.3. The highest BCUT2D eigenvalue weighted by Gasteiger charge is 2.23. The molecule has 1 aromatic carbocycles. The summed E-state index contributed by atoms with van der Waals surface area (Å²) in [5, 5.41) is 19.0. The molecule has 0 unspecified atom stereocenters. The molecule has 0 saturated carbocycles. The molecule has 0 fully saturated rings. The third-order valence-corrected chi connectivity index (χ3v) is 3.13. The van der Waals surface area contributed by atoms with Gasteiger partial charge in [0.15, 0.2) is 5.82 Å². The number of nitrogens with zero attached hydrogens (tertiary/aromatic N) is 4. The number of halogens is 2. The Morgan fingerprint density at radius 1 is 1.43 bits per heavy atom. The summed E-state index contributed by atoms with van der Waals surface area (Å²) in [5.74, 6) is 0.610. The minimum absolute atomic E-state index is 0.148. The summed E-state index contributed by atoms with van der Waals surface area (Å²) in [6, 6.07) is 3.38. The van der Waals surface area contributed by atoms with Crippen LogP contribution < -0.4 is 0 Å². The summed E-state index contributed by atoms with van der Waals surface area (Å²) in [6.45, 7) is 4.57. The fraction of sp³-hybridized carbons (Fsp3) is 0.385. The van der Waals surface area contributed by atoms with Gasteiger partial charge in [0.25, 0.3) is 5.69 Å². The third-order valence-electron chi connectivity index (χ3n) is 2.89. The minimum Gasteiger partial charge on any atom is -0.310 e. The number of aromatic nitrogens is 3. The predicted molar refractivity (Wildman–Crippen MR) is 76.5 cm³/mol. The van der Waals surface area contributed by atoms with Crippen molar-refractivity contribution in [3.8, 4) is 11.4 Å². The molecule has 21 heavy (non-hydrogen) atoms. The average Bonchev–Trinajstić information content (AvgIpc) is 2.80. The second-order valence-electron chi connectivity index (χ2n) is 5.00. The average molecular weight is 313 g/mol. The molecule has 6 nitrogen and oxygen atoms in total. The first-order valence-electron chi connectivity index (χ1n) is 6.36. The van der Waals surface area contributed by atoms with E-state index >= 15 is 0 Å². The van der Waals surface area contributed by atoms with Crippen LogP contribution >= 0.6 is 11.6 Å². The molecule has 0 saturated heterocycles. The number of hydrogen-bond donors (Lipinski definition) is 0. The molecule has 2 aromatic rings. The molecule has 1 heterocycles. The first kappa shape index (κ1) is 15.4. The van der Waals surface area contributed by atoms with Gasteiger partial charge in [-0.25, -0.2) is 4.39 Å². The molecule has 0 spiro atoms. The SMILES string of the molecule is CC(C)Cn1c(CCl)nnc1-c1ccc(F)cc1[N+](=O)[O-]. The summed E-state index contributed by atoms with van der Waals surface area (Å²) >= 11 is 5.83. The van der Waals surface area contributed by atoms with E-state index < -0.39 is 10.7 Å². The molecule has 0 amide bonds. The van der Waals surface area contributed by atoms with Gasteiger partial charge < -0.3 is 4.57 Å². The smallest absolute Gasteiger partial charge is 0.283 e. The van der Waals surface area contributed by atoms with E-state index in [2.05, 4.69) is 10.2 Å². The molecule has 0 bridgehead atoms. The summed E-state index contributed by atoms with van der Waals surface area (Å²) in [7, 11) is 0. The maximum absolute atomic E-state index is 13.2. The van der Waals surface area contributed by atoms with Crippen LogP contribution in [0.1, 0.15) is 19.7 Å². The van der Waals surface area contributed by atoms with Gasteiger partial charge in [0, 0.05) is 6.54 Å². The summed E-state index contributed by atoms with van der Waals surface area (Å²) < 4.78 is 15.0. The molecule has 0 aliphatic heterocycles. The van der Waals surface area contributed by atoms with E-state index in [4.69, 9.17) is 11.6 Å². The van der Waals surface area contributed by atoms with E-state index in [9.17, 15) is 14.5 Å². The predicted octanol–water partition coefficient (Wildman–Crippen LogP) is 3.39. The van der Waals surface area contributed by atoms with Gasteiger partial charge in [-0.1, -0.05) is 13.8 Å². The number of nitro benzene ring substituents is 1. The van der Waals surface area contributed by atoms with Crippen molar-refractivity contribution in [1.29, 1.82) is 0 Å². The van der Waals surface area contributed by atoms with E-state index in [1.54, 1.807) is 4.57 Å². The van der Waals surface area contributed by atoms with Crippen molar-refractivity contribution in [3.63, 3.8) is 0 Å². The Bertz CT molecular complexity index is 672. The van der Waals surface area contributed by atoms with Crippen molar-refractivity contribution in [1.82, 2.24) is 14.8 Å². The van der Waals surface area contributed by atoms with Crippen LogP contribution in [-0.2, 0) is 12.4 Å². The van der Waals surface area contributed by atoms with Gasteiger partial charge in [0.05, 0.1) is 22.4 Å². The van der Waals surface area contributed by atoms with Crippen molar-refractivity contribution >= 4 is 17.3 Å². The van der Waals surface area contributed by atoms with Gasteiger partial charge in [-0.2, -0.15) is 0 Å². The number of rotatable bonds is 5. The van der Waals surface area contributed by atoms with Crippen LogP contribution in [0.3, 0.4) is 0 Å². The van der Waals surface area contributed by atoms with Crippen LogP contribution in [-0.4, -0.2) is 19.7 Å². The molecule has 0 aliphatic carbocycles. The van der Waals surface area contributed by atoms with Gasteiger partial charge in [0.2, 0.25) is 0 Å². The zero-order valence-electron chi connectivity index (χ0n) is 11.6. The number of alkyl halides is 1. The first-order chi connectivity index (χ1) is 9.93. The van der Waals surface area contributed by atoms with Gasteiger partial charge in [-0.3, -0.25) is 10.1 Å². The van der Waals surface area contributed by atoms with E-state index in [0.717, 1.165) is 12.1 Å². The van der Waals surface area contributed by atoms with Gasteiger partial charge in [-0.05, 0) is 18.1 Å². The lowest BCUT2D eigenvalue weighted by Gasteiger charge is -2.12. The van der Waals surface area contributed by atoms with Crippen LogP contribution in [0.5, 0.6) is 0 Å². The maximum Gasteiger partial charge on any atom is 0.283 e. The van der Waals surface area contributed by atoms with Crippen molar-refractivity contribution < 1.29 is 9.31 Å². The molecular formula is C13H14ClFN4O2. The Morgan fingerprint density at radius 2 is 2.14 bits per heavy atom. The van der Waals surface area contributed by atoms with Crippen LogP contribution in [0.2, 0.25) is 0 Å². The Kier molecular flexibility index (Phi) is 4.52. The second-order valence-corrected chi connectivity index (χ2v) is 5.26. The molecule has 1 aromatic heterocycles. The minimum atomic E-state index is -0.669. The van der Waals surface area contributed by atoms with Crippen LogP contribution in [0, 0.1) is 21.8 Å². The first-order valence-corrected chi connectivity index (χ1v) is 6.89. The molecule has 0 aliphatic rings. The monoisotopic (exact) mass is 312 g/mol.